The molecule has 1 aliphatic rings. The van der Waals surface area contributed by atoms with Crippen LogP contribution < -0.4 is 20.1 Å². The zero-order valence-corrected chi connectivity index (χ0v) is 15.4. The third-order valence-electron chi connectivity index (χ3n) is 4.29. The summed E-state index contributed by atoms with van der Waals surface area (Å²) in [6.45, 7) is 1.27. The fraction of sp³-hybridized carbons (Fsp3) is 0.0455. The Balaban J connectivity index is 1.64. The van der Waals surface area contributed by atoms with Gasteiger partial charge < -0.3 is 15.2 Å². The quantitative estimate of drug-likeness (QED) is 0.316. The lowest BCUT2D eigenvalue weighted by atomic mass is 10.1. The zero-order valence-electron chi connectivity index (χ0n) is 15.4. The summed E-state index contributed by atoms with van der Waals surface area (Å²) in [4.78, 5) is 37.9. The Morgan fingerprint density at radius 3 is 2.28 bits per heavy atom. The van der Waals surface area contributed by atoms with Crippen LogP contribution in [0, 0.1) is 0 Å². The van der Waals surface area contributed by atoms with Crippen molar-refractivity contribution in [1.82, 2.24) is 0 Å². The van der Waals surface area contributed by atoms with Gasteiger partial charge in [0.15, 0.2) is 0 Å². The number of nitrogen functional groups attached to an aromatic ring is 1. The number of carbonyl (C=O) groups is 3. The van der Waals surface area contributed by atoms with Crippen molar-refractivity contribution in [2.75, 3.05) is 10.6 Å². The lowest BCUT2D eigenvalue weighted by Gasteiger charge is -2.14. The highest BCUT2D eigenvalue weighted by Gasteiger charge is 2.37. The van der Waals surface area contributed by atoms with E-state index >= 15 is 0 Å². The predicted octanol–water partition coefficient (Wildman–Crippen LogP) is 3.79. The highest BCUT2D eigenvalue weighted by atomic mass is 16.5. The van der Waals surface area contributed by atoms with E-state index in [0.717, 1.165) is 4.90 Å². The van der Waals surface area contributed by atoms with Crippen LogP contribution in [0.5, 0.6) is 17.2 Å². The normalized spacial score (nSPS) is 12.7. The van der Waals surface area contributed by atoms with Gasteiger partial charge in [0.25, 0.3) is 11.8 Å². The van der Waals surface area contributed by atoms with E-state index in [4.69, 9.17) is 15.2 Å². The molecule has 3 aromatic carbocycles. The maximum absolute atomic E-state index is 12.9. The second-order valence-electron chi connectivity index (χ2n) is 6.42. The molecule has 0 atom stereocenters. The number of hydrogen-bond donors (Lipinski definition) is 1. The van der Waals surface area contributed by atoms with Gasteiger partial charge >= 0.3 is 5.97 Å². The molecule has 1 aliphatic heterocycles. The van der Waals surface area contributed by atoms with Gasteiger partial charge in [0.05, 0.1) is 16.8 Å². The summed E-state index contributed by atoms with van der Waals surface area (Å²) < 4.78 is 10.8. The van der Waals surface area contributed by atoms with Crippen LogP contribution >= 0.6 is 0 Å². The SMILES string of the molecule is CC(=O)Oc1cccc(N2C(=O)c3ccc(Oc4cccc(N)c4)cc3C2=O)c1. The molecule has 1 heterocycles. The van der Waals surface area contributed by atoms with Crippen LogP contribution in [0.15, 0.2) is 66.7 Å². The number of imide groups is 1. The maximum Gasteiger partial charge on any atom is 0.308 e. The number of nitrogens with two attached hydrogens (primary N) is 1. The Hall–Kier alpha value is -4.13. The Bertz CT molecular complexity index is 1160. The molecule has 4 rings (SSSR count). The number of ether oxygens (including phenoxy) is 2. The third kappa shape index (κ3) is 3.53. The smallest absolute Gasteiger partial charge is 0.308 e. The summed E-state index contributed by atoms with van der Waals surface area (Å²) >= 11 is 0. The molecule has 29 heavy (non-hydrogen) atoms. The summed E-state index contributed by atoms with van der Waals surface area (Å²) in [5.41, 5.74) is 7.12. The molecule has 0 spiro atoms. The first-order valence-electron chi connectivity index (χ1n) is 8.77. The van der Waals surface area contributed by atoms with Crippen molar-refractivity contribution >= 4 is 29.2 Å². The molecule has 0 saturated carbocycles. The summed E-state index contributed by atoms with van der Waals surface area (Å²) in [6.07, 6.45) is 0. The minimum absolute atomic E-state index is 0.231. The van der Waals surface area contributed by atoms with Crippen molar-refractivity contribution < 1.29 is 23.9 Å². The number of anilines is 2. The molecule has 0 saturated heterocycles. The number of nitrogens with zero attached hydrogens (tertiary/aromatic N) is 1. The van der Waals surface area contributed by atoms with Crippen molar-refractivity contribution in [3.63, 3.8) is 0 Å². The first-order chi connectivity index (χ1) is 13.9. The fourth-order valence-corrected chi connectivity index (χ4v) is 3.08. The van der Waals surface area contributed by atoms with Gasteiger partial charge in [-0.05, 0) is 42.5 Å². The number of carbonyl (C=O) groups excluding carboxylic acids is 3. The van der Waals surface area contributed by atoms with Gasteiger partial charge in [0.1, 0.15) is 17.2 Å². The molecular weight excluding hydrogens is 372 g/mol. The van der Waals surface area contributed by atoms with Gasteiger partial charge in [0.2, 0.25) is 0 Å². The lowest BCUT2D eigenvalue weighted by molar-refractivity contribution is -0.131. The summed E-state index contributed by atoms with van der Waals surface area (Å²) in [5.74, 6) is -0.257. The summed E-state index contributed by atoms with van der Waals surface area (Å²) in [5, 5.41) is 0. The zero-order chi connectivity index (χ0) is 20.5. The van der Waals surface area contributed by atoms with E-state index in [0.29, 0.717) is 22.9 Å². The first-order valence-corrected chi connectivity index (χ1v) is 8.77. The van der Waals surface area contributed by atoms with E-state index in [9.17, 15) is 14.4 Å². The largest absolute Gasteiger partial charge is 0.457 e. The lowest BCUT2D eigenvalue weighted by Crippen LogP contribution is -2.29. The topological polar surface area (TPSA) is 98.9 Å². The molecular formula is C22H16N2O5. The monoisotopic (exact) mass is 388 g/mol. The van der Waals surface area contributed by atoms with Crippen molar-refractivity contribution in [2.45, 2.75) is 6.92 Å². The van der Waals surface area contributed by atoms with Gasteiger partial charge in [0, 0.05) is 24.7 Å². The van der Waals surface area contributed by atoms with E-state index in [1.807, 2.05) is 0 Å². The number of fused-ring (bicyclic) bond motifs is 1. The molecule has 0 aromatic heterocycles. The number of benzene rings is 3. The molecule has 0 aliphatic carbocycles. The molecule has 2 amide bonds. The van der Waals surface area contributed by atoms with Crippen LogP contribution in [0.2, 0.25) is 0 Å². The predicted molar refractivity (Wildman–Crippen MR) is 106 cm³/mol. The van der Waals surface area contributed by atoms with E-state index < -0.39 is 17.8 Å². The maximum atomic E-state index is 12.9. The van der Waals surface area contributed by atoms with E-state index in [2.05, 4.69) is 0 Å². The van der Waals surface area contributed by atoms with E-state index in [1.54, 1.807) is 54.6 Å². The number of esters is 1. The Kier molecular flexibility index (Phi) is 4.48. The summed E-state index contributed by atoms with van der Waals surface area (Å²) in [7, 11) is 0. The average Bonchev–Trinajstić information content (AvgIpc) is 2.92. The minimum atomic E-state index is -0.493. The molecule has 0 radical (unpaired) electrons. The highest BCUT2D eigenvalue weighted by Crippen LogP contribution is 2.33. The van der Waals surface area contributed by atoms with Gasteiger partial charge in [-0.1, -0.05) is 12.1 Å². The van der Waals surface area contributed by atoms with Crippen LogP contribution in [0.1, 0.15) is 27.6 Å². The standard InChI is InChI=1S/C22H16N2O5/c1-13(25)28-17-7-3-5-15(11-17)24-21(26)19-9-8-18(12-20(19)22(24)27)29-16-6-2-4-14(23)10-16/h2-12H,23H2,1H3. The average molecular weight is 388 g/mol. The van der Waals surface area contributed by atoms with E-state index in [1.165, 1.54) is 19.1 Å². The molecule has 0 bridgehead atoms. The van der Waals surface area contributed by atoms with Crippen molar-refractivity contribution in [1.29, 1.82) is 0 Å². The Morgan fingerprint density at radius 1 is 0.828 bits per heavy atom. The summed E-state index contributed by atoms with van der Waals surface area (Å²) in [6, 6.07) is 17.8. The molecule has 2 N–H and O–H groups in total. The minimum Gasteiger partial charge on any atom is -0.457 e. The van der Waals surface area contributed by atoms with E-state index in [-0.39, 0.29) is 16.9 Å². The number of amides is 2. The second kappa shape index (κ2) is 7.12. The Labute approximate surface area is 166 Å². The molecule has 7 heteroatoms. The highest BCUT2D eigenvalue weighted by molar-refractivity contribution is 6.34. The fourth-order valence-electron chi connectivity index (χ4n) is 3.08. The molecule has 7 nitrogen and oxygen atoms in total. The number of hydrogen-bond acceptors (Lipinski definition) is 6. The van der Waals surface area contributed by atoms with Crippen LogP contribution in [-0.4, -0.2) is 17.8 Å². The van der Waals surface area contributed by atoms with Gasteiger partial charge in [-0.3, -0.25) is 14.4 Å². The molecule has 0 fully saturated rings. The third-order valence-corrected chi connectivity index (χ3v) is 4.29. The van der Waals surface area contributed by atoms with Gasteiger partial charge in [-0.15, -0.1) is 0 Å². The molecule has 3 aromatic rings. The first kappa shape index (κ1) is 18.2. The molecule has 144 valence electrons. The number of rotatable bonds is 4. The second-order valence-corrected chi connectivity index (χ2v) is 6.42. The van der Waals surface area contributed by atoms with Crippen LogP contribution in [0.25, 0.3) is 0 Å². The van der Waals surface area contributed by atoms with Gasteiger partial charge in [-0.25, -0.2) is 4.90 Å². The van der Waals surface area contributed by atoms with Crippen LogP contribution in [0.3, 0.4) is 0 Å². The Morgan fingerprint density at radius 2 is 1.52 bits per heavy atom. The molecule has 0 unspecified atom stereocenters. The van der Waals surface area contributed by atoms with Crippen molar-refractivity contribution in [2.24, 2.45) is 0 Å². The van der Waals surface area contributed by atoms with Crippen LogP contribution in [-0.2, 0) is 4.79 Å². The van der Waals surface area contributed by atoms with Gasteiger partial charge in [-0.2, -0.15) is 0 Å². The van der Waals surface area contributed by atoms with Crippen LogP contribution in [0.4, 0.5) is 11.4 Å². The van der Waals surface area contributed by atoms with Crippen molar-refractivity contribution in [3.8, 4) is 17.2 Å². The van der Waals surface area contributed by atoms with Crippen molar-refractivity contribution in [3.05, 3.63) is 77.9 Å².